The van der Waals surface area contributed by atoms with Gasteiger partial charge in [-0.15, -0.1) is 0 Å². The second-order valence-electron chi connectivity index (χ2n) is 4.57. The summed E-state index contributed by atoms with van der Waals surface area (Å²) in [5, 5.41) is 0.506. The number of H-pyrrole nitrogens is 1. The summed E-state index contributed by atoms with van der Waals surface area (Å²) in [6, 6.07) is 0. The predicted molar refractivity (Wildman–Crippen MR) is 77.1 cm³/mol. The second kappa shape index (κ2) is 6.90. The number of nitrogens with zero attached hydrogens (tertiary/aromatic N) is 2. The number of aromatic amines is 1. The van der Waals surface area contributed by atoms with E-state index in [4.69, 9.17) is 4.74 Å². The van der Waals surface area contributed by atoms with Crippen molar-refractivity contribution in [1.29, 1.82) is 0 Å². The van der Waals surface area contributed by atoms with Gasteiger partial charge < -0.3 is 14.6 Å². The molecule has 0 unspecified atom stereocenters. The van der Waals surface area contributed by atoms with Crippen molar-refractivity contribution in [2.75, 3.05) is 32.1 Å². The van der Waals surface area contributed by atoms with E-state index in [1.54, 1.807) is 4.90 Å². The highest BCUT2D eigenvalue weighted by atomic mass is 32.2. The first-order chi connectivity index (χ1) is 9.61. The Bertz CT molecular complexity index is 538. The molecule has 0 aliphatic carbocycles. The molecule has 1 aromatic rings. The van der Waals surface area contributed by atoms with Crippen LogP contribution in [0.1, 0.15) is 18.2 Å². The Morgan fingerprint density at radius 2 is 2.15 bits per heavy atom. The fourth-order valence-electron chi connectivity index (χ4n) is 2.10. The fourth-order valence-corrected chi connectivity index (χ4v) is 2.91. The minimum absolute atomic E-state index is 0.0539. The van der Waals surface area contributed by atoms with Gasteiger partial charge in [0.2, 0.25) is 5.91 Å². The summed E-state index contributed by atoms with van der Waals surface area (Å²) in [4.78, 5) is 32.7. The minimum Gasteiger partial charge on any atom is -0.378 e. The lowest BCUT2D eigenvalue weighted by molar-refractivity contribution is -0.132. The topological polar surface area (TPSA) is 75.3 Å². The zero-order valence-electron chi connectivity index (χ0n) is 11.8. The standard InChI is InChI=1S/C13H19N3O3S/c1-3-10-9(2)14-13(15-12(10)18)20-8-11(17)16-4-6-19-7-5-16/h3-8H2,1-2H3,(H,14,15,18). The lowest BCUT2D eigenvalue weighted by Gasteiger charge is -2.26. The molecule has 2 heterocycles. The molecule has 0 spiro atoms. The summed E-state index contributed by atoms with van der Waals surface area (Å²) < 4.78 is 5.21. The Hall–Kier alpha value is -1.34. The van der Waals surface area contributed by atoms with Crippen molar-refractivity contribution in [3.63, 3.8) is 0 Å². The summed E-state index contributed by atoms with van der Waals surface area (Å²) in [5.74, 6) is 0.339. The largest absolute Gasteiger partial charge is 0.378 e. The van der Waals surface area contributed by atoms with Crippen molar-refractivity contribution >= 4 is 17.7 Å². The number of hydrogen-bond acceptors (Lipinski definition) is 5. The van der Waals surface area contributed by atoms with E-state index < -0.39 is 0 Å². The number of thioether (sulfide) groups is 1. The monoisotopic (exact) mass is 297 g/mol. The molecule has 1 fully saturated rings. The van der Waals surface area contributed by atoms with Gasteiger partial charge in [-0.05, 0) is 13.3 Å². The van der Waals surface area contributed by atoms with Gasteiger partial charge in [0, 0.05) is 24.3 Å². The summed E-state index contributed by atoms with van der Waals surface area (Å²) in [5.41, 5.74) is 1.33. The molecule has 0 atom stereocenters. The van der Waals surface area contributed by atoms with Crippen LogP contribution in [-0.4, -0.2) is 52.8 Å². The van der Waals surface area contributed by atoms with Crippen molar-refractivity contribution in [3.8, 4) is 0 Å². The van der Waals surface area contributed by atoms with Crippen LogP contribution in [0.15, 0.2) is 9.95 Å². The van der Waals surface area contributed by atoms with Gasteiger partial charge >= 0.3 is 0 Å². The van der Waals surface area contributed by atoms with Crippen LogP contribution in [0, 0.1) is 6.92 Å². The fraction of sp³-hybridized carbons (Fsp3) is 0.615. The third-order valence-electron chi connectivity index (χ3n) is 3.25. The maximum absolute atomic E-state index is 12.0. The molecule has 0 saturated carbocycles. The van der Waals surface area contributed by atoms with Crippen LogP contribution in [-0.2, 0) is 16.0 Å². The van der Waals surface area contributed by atoms with Gasteiger partial charge in [-0.25, -0.2) is 4.98 Å². The number of ether oxygens (including phenoxy) is 1. The summed E-state index contributed by atoms with van der Waals surface area (Å²) in [6.45, 7) is 6.20. The summed E-state index contributed by atoms with van der Waals surface area (Å²) >= 11 is 1.27. The lowest BCUT2D eigenvalue weighted by Crippen LogP contribution is -2.41. The van der Waals surface area contributed by atoms with E-state index in [9.17, 15) is 9.59 Å². The first-order valence-corrected chi connectivity index (χ1v) is 7.68. The number of hydrogen-bond donors (Lipinski definition) is 1. The molecule has 1 N–H and O–H groups in total. The number of aryl methyl sites for hydroxylation is 1. The first kappa shape index (κ1) is 15.1. The van der Waals surface area contributed by atoms with E-state index in [0.29, 0.717) is 43.4 Å². The molecular formula is C13H19N3O3S. The van der Waals surface area contributed by atoms with E-state index in [-0.39, 0.29) is 17.2 Å². The number of aromatic nitrogens is 2. The van der Waals surface area contributed by atoms with E-state index >= 15 is 0 Å². The highest BCUT2D eigenvalue weighted by Crippen LogP contribution is 2.14. The van der Waals surface area contributed by atoms with Crippen molar-refractivity contribution < 1.29 is 9.53 Å². The molecule has 1 aromatic heterocycles. The minimum atomic E-state index is -0.110. The number of carbonyl (C=O) groups is 1. The third-order valence-corrected chi connectivity index (χ3v) is 4.11. The van der Waals surface area contributed by atoms with Gasteiger partial charge in [-0.1, -0.05) is 18.7 Å². The van der Waals surface area contributed by atoms with E-state index in [2.05, 4.69) is 9.97 Å². The molecular weight excluding hydrogens is 278 g/mol. The van der Waals surface area contributed by atoms with Crippen molar-refractivity contribution in [2.24, 2.45) is 0 Å². The van der Waals surface area contributed by atoms with Gasteiger partial charge in [0.25, 0.3) is 5.56 Å². The number of nitrogens with one attached hydrogen (secondary N) is 1. The van der Waals surface area contributed by atoms with Crippen LogP contribution in [0.2, 0.25) is 0 Å². The number of amides is 1. The van der Waals surface area contributed by atoms with Crippen molar-refractivity contribution in [1.82, 2.24) is 14.9 Å². The molecule has 0 radical (unpaired) electrons. The van der Waals surface area contributed by atoms with Crippen molar-refractivity contribution in [3.05, 3.63) is 21.6 Å². The first-order valence-electron chi connectivity index (χ1n) is 6.70. The number of carbonyl (C=O) groups excluding carboxylic acids is 1. The Kier molecular flexibility index (Phi) is 5.19. The van der Waals surface area contributed by atoms with Gasteiger partial charge in [0.1, 0.15) is 0 Å². The van der Waals surface area contributed by atoms with Gasteiger partial charge in [-0.3, -0.25) is 9.59 Å². The normalized spacial score (nSPS) is 15.4. The zero-order chi connectivity index (χ0) is 14.5. The van der Waals surface area contributed by atoms with Crippen LogP contribution in [0.3, 0.4) is 0 Å². The number of rotatable bonds is 4. The molecule has 20 heavy (non-hydrogen) atoms. The van der Waals surface area contributed by atoms with E-state index in [0.717, 1.165) is 5.69 Å². The zero-order valence-corrected chi connectivity index (χ0v) is 12.6. The third kappa shape index (κ3) is 3.61. The molecule has 0 bridgehead atoms. The SMILES string of the molecule is CCc1c(C)nc(SCC(=O)N2CCOCC2)[nH]c1=O. The van der Waals surface area contributed by atoms with Crippen LogP contribution in [0.5, 0.6) is 0 Å². The van der Waals surface area contributed by atoms with Crippen LogP contribution in [0.4, 0.5) is 0 Å². The molecule has 7 heteroatoms. The molecule has 6 nitrogen and oxygen atoms in total. The maximum Gasteiger partial charge on any atom is 0.254 e. The van der Waals surface area contributed by atoms with E-state index in [1.807, 2.05) is 13.8 Å². The van der Waals surface area contributed by atoms with Crippen LogP contribution < -0.4 is 5.56 Å². The maximum atomic E-state index is 12.0. The Labute approximate surface area is 121 Å². The Balaban J connectivity index is 1.97. The predicted octanol–water partition coefficient (Wildman–Crippen LogP) is 0.592. The summed E-state index contributed by atoms with van der Waals surface area (Å²) in [6.07, 6.45) is 0.659. The van der Waals surface area contributed by atoms with Gasteiger partial charge in [0.15, 0.2) is 5.16 Å². The molecule has 2 rings (SSSR count). The van der Waals surface area contributed by atoms with Crippen LogP contribution >= 0.6 is 11.8 Å². The smallest absolute Gasteiger partial charge is 0.254 e. The molecule has 0 aromatic carbocycles. The number of morpholine rings is 1. The highest BCUT2D eigenvalue weighted by Gasteiger charge is 2.17. The van der Waals surface area contributed by atoms with Crippen molar-refractivity contribution in [2.45, 2.75) is 25.4 Å². The lowest BCUT2D eigenvalue weighted by atomic mass is 10.2. The van der Waals surface area contributed by atoms with E-state index in [1.165, 1.54) is 11.8 Å². The van der Waals surface area contributed by atoms with Crippen LogP contribution in [0.25, 0.3) is 0 Å². The van der Waals surface area contributed by atoms with Gasteiger partial charge in [0.05, 0.1) is 19.0 Å². The molecule has 1 amide bonds. The average Bonchev–Trinajstić information content (AvgIpc) is 2.45. The quantitative estimate of drug-likeness (QED) is 0.650. The molecule has 1 aliphatic rings. The second-order valence-corrected chi connectivity index (χ2v) is 5.53. The summed E-state index contributed by atoms with van der Waals surface area (Å²) in [7, 11) is 0. The Morgan fingerprint density at radius 1 is 1.45 bits per heavy atom. The molecule has 1 saturated heterocycles. The Morgan fingerprint density at radius 3 is 2.75 bits per heavy atom. The molecule has 110 valence electrons. The van der Waals surface area contributed by atoms with Gasteiger partial charge in [-0.2, -0.15) is 0 Å². The molecule has 1 aliphatic heterocycles. The average molecular weight is 297 g/mol. The highest BCUT2D eigenvalue weighted by molar-refractivity contribution is 7.99.